The molecule has 0 aliphatic heterocycles. The number of ether oxygens (including phenoxy) is 1. The average molecular weight is 448 g/mol. The monoisotopic (exact) mass is 446 g/mol. The molecule has 1 atom stereocenters. The highest BCUT2D eigenvalue weighted by atomic mass is 79.9. The minimum absolute atomic E-state index is 0.0560. The van der Waals surface area contributed by atoms with E-state index >= 15 is 0 Å². The van der Waals surface area contributed by atoms with Crippen LogP contribution in [0.5, 0.6) is 5.75 Å². The van der Waals surface area contributed by atoms with E-state index < -0.39 is 10.0 Å². The molecular weight excluding hydrogens is 428 g/mol. The van der Waals surface area contributed by atoms with Crippen molar-refractivity contribution in [2.24, 2.45) is 0 Å². The maximum Gasteiger partial charge on any atom is 0.242 e. The van der Waals surface area contributed by atoms with Crippen molar-refractivity contribution in [1.82, 2.24) is 9.62 Å². The zero-order valence-electron chi connectivity index (χ0n) is 14.2. The first kappa shape index (κ1) is 20.2. The van der Waals surface area contributed by atoms with E-state index in [0.29, 0.717) is 0 Å². The summed E-state index contributed by atoms with van der Waals surface area (Å²) in [7, 11) is 1.67. The van der Waals surface area contributed by atoms with Crippen molar-refractivity contribution in [1.29, 1.82) is 0 Å². The Morgan fingerprint density at radius 3 is 2.56 bits per heavy atom. The molecule has 1 N–H and O–H groups in total. The van der Waals surface area contributed by atoms with Crippen molar-refractivity contribution in [3.63, 3.8) is 0 Å². The van der Waals surface area contributed by atoms with Crippen molar-refractivity contribution in [3.8, 4) is 5.75 Å². The molecule has 0 aliphatic carbocycles. The smallest absolute Gasteiger partial charge is 0.242 e. The first-order chi connectivity index (χ1) is 11.7. The van der Waals surface area contributed by atoms with Gasteiger partial charge < -0.3 is 9.64 Å². The molecule has 0 saturated heterocycles. The third-order valence-corrected chi connectivity index (χ3v) is 6.15. The Kier molecular flexibility index (Phi) is 6.87. The standard InChI is InChI=1S/C17H20BrClN2O3S/c1-21(2)16(12-5-4-6-14(9-12)24-3)11-20-25(22,23)17-8-7-13(18)10-15(17)19/h4-10,16,20H,11H2,1-3H3. The molecule has 0 bridgehead atoms. The van der Waals surface area contributed by atoms with E-state index in [1.54, 1.807) is 19.2 Å². The summed E-state index contributed by atoms with van der Waals surface area (Å²) in [5.74, 6) is 0.725. The second-order valence-corrected chi connectivity index (χ2v) is 8.74. The molecule has 2 aromatic carbocycles. The Morgan fingerprint density at radius 2 is 1.96 bits per heavy atom. The van der Waals surface area contributed by atoms with Gasteiger partial charge in [0.25, 0.3) is 0 Å². The van der Waals surface area contributed by atoms with E-state index in [0.717, 1.165) is 15.8 Å². The largest absolute Gasteiger partial charge is 0.497 e. The number of likely N-dealkylation sites (N-methyl/N-ethyl adjacent to an activating group) is 1. The lowest BCUT2D eigenvalue weighted by atomic mass is 10.1. The number of benzene rings is 2. The van der Waals surface area contributed by atoms with Crippen LogP contribution in [0.4, 0.5) is 0 Å². The van der Waals surface area contributed by atoms with Gasteiger partial charge in [-0.15, -0.1) is 0 Å². The van der Waals surface area contributed by atoms with Crippen LogP contribution in [0.15, 0.2) is 51.8 Å². The van der Waals surface area contributed by atoms with Crippen molar-refractivity contribution in [3.05, 3.63) is 57.5 Å². The number of sulfonamides is 1. The van der Waals surface area contributed by atoms with Crippen molar-refractivity contribution in [2.75, 3.05) is 27.7 Å². The van der Waals surface area contributed by atoms with Crippen LogP contribution < -0.4 is 9.46 Å². The van der Waals surface area contributed by atoms with Gasteiger partial charge in [-0.25, -0.2) is 13.1 Å². The molecule has 5 nitrogen and oxygen atoms in total. The van der Waals surface area contributed by atoms with E-state index in [1.165, 1.54) is 6.07 Å². The summed E-state index contributed by atoms with van der Waals surface area (Å²) in [6.45, 7) is 0.203. The molecule has 136 valence electrons. The number of nitrogens with one attached hydrogen (secondary N) is 1. The Balaban J connectivity index is 2.23. The van der Waals surface area contributed by atoms with Crippen LogP contribution in [0, 0.1) is 0 Å². The fourth-order valence-electron chi connectivity index (χ4n) is 2.41. The third kappa shape index (κ3) is 5.18. The molecular formula is C17H20BrClN2O3S. The molecule has 0 amide bonds. The molecule has 1 unspecified atom stereocenters. The Morgan fingerprint density at radius 1 is 1.24 bits per heavy atom. The zero-order chi connectivity index (χ0) is 18.6. The first-order valence-electron chi connectivity index (χ1n) is 7.49. The summed E-state index contributed by atoms with van der Waals surface area (Å²) in [6.07, 6.45) is 0. The van der Waals surface area contributed by atoms with E-state index in [9.17, 15) is 8.42 Å². The fraction of sp³-hybridized carbons (Fsp3) is 0.294. The first-order valence-corrected chi connectivity index (χ1v) is 10.1. The number of halogens is 2. The minimum Gasteiger partial charge on any atom is -0.497 e. The molecule has 0 spiro atoms. The Labute approximate surface area is 162 Å². The van der Waals surface area contributed by atoms with Crippen LogP contribution >= 0.6 is 27.5 Å². The van der Waals surface area contributed by atoms with Crippen LogP contribution in [0.2, 0.25) is 5.02 Å². The number of hydrogen-bond donors (Lipinski definition) is 1. The molecule has 0 saturated carbocycles. The van der Waals surface area contributed by atoms with Crippen molar-refractivity contribution in [2.45, 2.75) is 10.9 Å². The Hall–Kier alpha value is -1.12. The van der Waals surface area contributed by atoms with E-state index in [-0.39, 0.29) is 22.5 Å². The van der Waals surface area contributed by atoms with E-state index in [2.05, 4.69) is 20.7 Å². The van der Waals surface area contributed by atoms with Crippen molar-refractivity contribution < 1.29 is 13.2 Å². The van der Waals surface area contributed by atoms with Crippen LogP contribution in [-0.2, 0) is 10.0 Å². The Bertz CT molecular complexity index is 844. The van der Waals surface area contributed by atoms with E-state index in [1.807, 2.05) is 43.3 Å². The normalized spacial score (nSPS) is 13.0. The van der Waals surface area contributed by atoms with Gasteiger partial charge in [0, 0.05) is 17.1 Å². The van der Waals surface area contributed by atoms with Gasteiger partial charge in [0.05, 0.1) is 12.1 Å². The van der Waals surface area contributed by atoms with Crippen LogP contribution in [-0.4, -0.2) is 41.1 Å². The zero-order valence-corrected chi connectivity index (χ0v) is 17.3. The molecule has 0 fully saturated rings. The van der Waals surface area contributed by atoms with Crippen molar-refractivity contribution >= 4 is 37.6 Å². The SMILES string of the molecule is COc1cccc(C(CNS(=O)(=O)c2ccc(Br)cc2Cl)N(C)C)c1. The molecule has 0 heterocycles. The summed E-state index contributed by atoms with van der Waals surface area (Å²) in [6, 6.07) is 12.1. The van der Waals surface area contributed by atoms with Gasteiger partial charge in [-0.2, -0.15) is 0 Å². The van der Waals surface area contributed by atoms with Gasteiger partial charge in [0.2, 0.25) is 10.0 Å². The number of hydrogen-bond acceptors (Lipinski definition) is 4. The molecule has 0 aromatic heterocycles. The van der Waals surface area contributed by atoms with Crippen LogP contribution in [0.25, 0.3) is 0 Å². The molecule has 25 heavy (non-hydrogen) atoms. The summed E-state index contributed by atoms with van der Waals surface area (Å²) in [5.41, 5.74) is 0.953. The van der Waals surface area contributed by atoms with Gasteiger partial charge in [-0.1, -0.05) is 39.7 Å². The van der Waals surface area contributed by atoms with Crippen LogP contribution in [0.1, 0.15) is 11.6 Å². The lowest BCUT2D eigenvalue weighted by molar-refractivity contribution is 0.298. The molecule has 2 rings (SSSR count). The quantitative estimate of drug-likeness (QED) is 0.703. The van der Waals surface area contributed by atoms with Gasteiger partial charge >= 0.3 is 0 Å². The predicted octanol–water partition coefficient (Wildman–Crippen LogP) is 3.69. The van der Waals surface area contributed by atoms with Crippen LogP contribution in [0.3, 0.4) is 0 Å². The average Bonchev–Trinajstić information content (AvgIpc) is 2.54. The number of nitrogens with zero attached hydrogens (tertiary/aromatic N) is 1. The highest BCUT2D eigenvalue weighted by molar-refractivity contribution is 9.10. The molecule has 2 aromatic rings. The maximum absolute atomic E-state index is 12.6. The van der Waals surface area contributed by atoms with Gasteiger partial charge in [-0.3, -0.25) is 0 Å². The summed E-state index contributed by atoms with van der Waals surface area (Å²) in [4.78, 5) is 2.00. The third-order valence-electron chi connectivity index (χ3n) is 3.75. The highest BCUT2D eigenvalue weighted by Crippen LogP contribution is 2.26. The lowest BCUT2D eigenvalue weighted by Gasteiger charge is -2.25. The molecule has 0 radical (unpaired) electrons. The molecule has 8 heteroatoms. The predicted molar refractivity (Wildman–Crippen MR) is 104 cm³/mol. The van der Waals surface area contributed by atoms with Gasteiger partial charge in [0.15, 0.2) is 0 Å². The number of methoxy groups -OCH3 is 1. The lowest BCUT2D eigenvalue weighted by Crippen LogP contribution is -2.34. The second kappa shape index (κ2) is 8.51. The summed E-state index contributed by atoms with van der Waals surface area (Å²) in [5, 5.41) is 0.171. The fourth-order valence-corrected chi connectivity index (χ4v) is 4.48. The topological polar surface area (TPSA) is 58.6 Å². The number of rotatable bonds is 7. The summed E-state index contributed by atoms with van der Waals surface area (Å²) >= 11 is 9.34. The summed E-state index contributed by atoms with van der Waals surface area (Å²) < 4.78 is 33.8. The minimum atomic E-state index is -3.72. The van der Waals surface area contributed by atoms with Gasteiger partial charge in [0.1, 0.15) is 10.6 Å². The maximum atomic E-state index is 12.6. The highest BCUT2D eigenvalue weighted by Gasteiger charge is 2.22. The second-order valence-electron chi connectivity index (χ2n) is 5.68. The van der Waals surface area contributed by atoms with Gasteiger partial charge in [-0.05, 0) is 50.0 Å². The van der Waals surface area contributed by atoms with E-state index in [4.69, 9.17) is 16.3 Å². The molecule has 0 aliphatic rings.